The number of nitrogens with one attached hydrogen (secondary N) is 1. The number of alkyl halides is 1. The molecule has 0 unspecified atom stereocenters. The zero-order valence-electron chi connectivity index (χ0n) is 6.99. The van der Waals surface area contributed by atoms with Crippen molar-refractivity contribution in [3.63, 3.8) is 0 Å². The van der Waals surface area contributed by atoms with Crippen molar-refractivity contribution in [1.82, 2.24) is 5.32 Å². The van der Waals surface area contributed by atoms with Gasteiger partial charge >= 0.3 is 0 Å². The van der Waals surface area contributed by atoms with E-state index < -0.39 is 0 Å². The van der Waals surface area contributed by atoms with Gasteiger partial charge in [0.1, 0.15) is 0 Å². The molecule has 0 saturated carbocycles. The molecular weight excluding hydrogens is 228 g/mol. The van der Waals surface area contributed by atoms with Gasteiger partial charge in [0.15, 0.2) is 0 Å². The Morgan fingerprint density at radius 1 is 1.08 bits per heavy atom. The average Bonchev–Trinajstić information content (AvgIpc) is 2.03. The fourth-order valence-electron chi connectivity index (χ4n) is 1.01. The normalized spacial score (nSPS) is 10.4. The summed E-state index contributed by atoms with van der Waals surface area (Å²) in [5.41, 5.74) is 1.07. The van der Waals surface area contributed by atoms with Gasteiger partial charge in [0.05, 0.1) is 0 Å². The van der Waals surface area contributed by atoms with Crippen LogP contribution in [0.15, 0.2) is 18.2 Å². The zero-order chi connectivity index (χ0) is 9.68. The topological polar surface area (TPSA) is 12.0 Å². The van der Waals surface area contributed by atoms with Crippen molar-refractivity contribution in [3.05, 3.63) is 33.8 Å². The highest BCUT2D eigenvalue weighted by molar-refractivity contribution is 6.34. The van der Waals surface area contributed by atoms with E-state index in [1.165, 1.54) is 0 Å². The first-order chi connectivity index (χ1) is 6.22. The van der Waals surface area contributed by atoms with Crippen LogP contribution < -0.4 is 5.32 Å². The van der Waals surface area contributed by atoms with Gasteiger partial charge in [-0.2, -0.15) is 0 Å². The third-order valence-electron chi connectivity index (χ3n) is 1.52. The Labute approximate surface area is 93.0 Å². The molecule has 1 aromatic carbocycles. The van der Waals surface area contributed by atoms with Crippen molar-refractivity contribution in [2.24, 2.45) is 0 Å². The summed E-state index contributed by atoms with van der Waals surface area (Å²) in [6, 6.07) is 5.48. The van der Waals surface area contributed by atoms with Crippen LogP contribution in [0.4, 0.5) is 0 Å². The maximum atomic E-state index is 5.82. The molecular formula is C9H10Cl3N. The fourth-order valence-corrected chi connectivity index (χ4v) is 1.72. The smallest absolute Gasteiger partial charge is 0.0424 e. The van der Waals surface area contributed by atoms with Crippen molar-refractivity contribution in [2.45, 2.75) is 6.54 Å². The van der Waals surface area contributed by atoms with E-state index in [1.807, 2.05) is 12.1 Å². The lowest BCUT2D eigenvalue weighted by Gasteiger charge is -2.03. The molecule has 0 fully saturated rings. The number of rotatable bonds is 4. The monoisotopic (exact) mass is 237 g/mol. The standard InChI is InChI=1S/C9H10Cl3N/c10-1-2-13-6-7-3-8(11)5-9(12)4-7/h3-5,13H,1-2,6H2. The Morgan fingerprint density at radius 3 is 2.23 bits per heavy atom. The van der Waals surface area contributed by atoms with Gasteiger partial charge in [-0.25, -0.2) is 0 Å². The molecule has 0 amide bonds. The van der Waals surface area contributed by atoms with Crippen LogP contribution in [0.25, 0.3) is 0 Å². The first-order valence-electron chi connectivity index (χ1n) is 3.94. The van der Waals surface area contributed by atoms with E-state index in [1.54, 1.807) is 6.07 Å². The fraction of sp³-hybridized carbons (Fsp3) is 0.333. The summed E-state index contributed by atoms with van der Waals surface area (Å²) in [4.78, 5) is 0. The van der Waals surface area contributed by atoms with Gasteiger partial charge in [0.25, 0.3) is 0 Å². The number of hydrogen-bond donors (Lipinski definition) is 1. The maximum Gasteiger partial charge on any atom is 0.0424 e. The minimum atomic E-state index is 0.605. The lowest BCUT2D eigenvalue weighted by atomic mass is 10.2. The lowest BCUT2D eigenvalue weighted by Crippen LogP contribution is -2.15. The van der Waals surface area contributed by atoms with Crippen molar-refractivity contribution < 1.29 is 0 Å². The number of halogens is 3. The minimum absolute atomic E-state index is 0.605. The van der Waals surface area contributed by atoms with Crippen LogP contribution in [-0.4, -0.2) is 12.4 Å². The summed E-state index contributed by atoms with van der Waals surface area (Å²) in [7, 11) is 0. The molecule has 0 aliphatic carbocycles. The van der Waals surface area contributed by atoms with Crippen LogP contribution >= 0.6 is 34.8 Å². The highest BCUT2D eigenvalue weighted by Gasteiger charge is 1.97. The van der Waals surface area contributed by atoms with Crippen LogP contribution in [0.3, 0.4) is 0 Å². The Hall–Kier alpha value is 0.0500. The highest BCUT2D eigenvalue weighted by atomic mass is 35.5. The van der Waals surface area contributed by atoms with Crippen LogP contribution in [0.5, 0.6) is 0 Å². The van der Waals surface area contributed by atoms with E-state index in [0.717, 1.165) is 18.7 Å². The lowest BCUT2D eigenvalue weighted by molar-refractivity contribution is 0.730. The zero-order valence-corrected chi connectivity index (χ0v) is 9.26. The highest BCUT2D eigenvalue weighted by Crippen LogP contribution is 2.18. The molecule has 0 aliphatic rings. The molecule has 0 spiro atoms. The summed E-state index contributed by atoms with van der Waals surface area (Å²) >= 11 is 17.2. The van der Waals surface area contributed by atoms with Gasteiger partial charge in [-0.3, -0.25) is 0 Å². The van der Waals surface area contributed by atoms with E-state index >= 15 is 0 Å². The SMILES string of the molecule is ClCCNCc1cc(Cl)cc(Cl)c1. The van der Waals surface area contributed by atoms with Gasteiger partial charge in [-0.1, -0.05) is 23.2 Å². The Kier molecular flexibility index (Phi) is 4.89. The third kappa shape index (κ3) is 4.19. The van der Waals surface area contributed by atoms with Crippen LogP contribution in [0.2, 0.25) is 10.0 Å². The van der Waals surface area contributed by atoms with Crippen LogP contribution in [-0.2, 0) is 6.54 Å². The van der Waals surface area contributed by atoms with Crippen molar-refractivity contribution >= 4 is 34.8 Å². The molecule has 0 bridgehead atoms. The first kappa shape index (κ1) is 11.1. The van der Waals surface area contributed by atoms with Gasteiger partial charge in [-0.05, 0) is 23.8 Å². The second-order valence-corrected chi connectivity index (χ2v) is 3.89. The summed E-state index contributed by atoms with van der Waals surface area (Å²) in [5.74, 6) is 0.605. The molecule has 0 heterocycles. The molecule has 0 atom stereocenters. The first-order valence-corrected chi connectivity index (χ1v) is 5.23. The quantitative estimate of drug-likeness (QED) is 0.627. The Bertz CT molecular complexity index is 255. The average molecular weight is 239 g/mol. The van der Waals surface area contributed by atoms with Gasteiger partial charge in [0, 0.05) is 29.0 Å². The molecule has 72 valence electrons. The van der Waals surface area contributed by atoms with E-state index in [0.29, 0.717) is 15.9 Å². The Morgan fingerprint density at radius 2 is 1.69 bits per heavy atom. The van der Waals surface area contributed by atoms with Gasteiger partial charge < -0.3 is 5.32 Å². The van der Waals surface area contributed by atoms with E-state index in [4.69, 9.17) is 34.8 Å². The Balaban J connectivity index is 2.56. The second kappa shape index (κ2) is 5.71. The molecule has 4 heteroatoms. The van der Waals surface area contributed by atoms with Gasteiger partial charge in [-0.15, -0.1) is 11.6 Å². The molecule has 1 rings (SSSR count). The number of hydrogen-bond acceptors (Lipinski definition) is 1. The molecule has 0 saturated heterocycles. The molecule has 0 radical (unpaired) electrons. The maximum absolute atomic E-state index is 5.82. The van der Waals surface area contributed by atoms with E-state index in [9.17, 15) is 0 Å². The number of benzene rings is 1. The van der Waals surface area contributed by atoms with Crippen molar-refractivity contribution in [2.75, 3.05) is 12.4 Å². The largest absolute Gasteiger partial charge is 0.311 e. The van der Waals surface area contributed by atoms with E-state index in [-0.39, 0.29) is 0 Å². The van der Waals surface area contributed by atoms with Crippen molar-refractivity contribution in [1.29, 1.82) is 0 Å². The minimum Gasteiger partial charge on any atom is -0.311 e. The van der Waals surface area contributed by atoms with Crippen LogP contribution in [0.1, 0.15) is 5.56 Å². The molecule has 1 nitrogen and oxygen atoms in total. The summed E-state index contributed by atoms with van der Waals surface area (Å²) in [5, 5.41) is 4.48. The molecule has 13 heavy (non-hydrogen) atoms. The predicted molar refractivity (Wildman–Crippen MR) is 58.9 cm³/mol. The molecule has 0 aromatic heterocycles. The third-order valence-corrected chi connectivity index (χ3v) is 2.15. The summed E-state index contributed by atoms with van der Waals surface area (Å²) in [6.45, 7) is 1.53. The molecule has 1 aromatic rings. The molecule has 1 N–H and O–H groups in total. The van der Waals surface area contributed by atoms with Crippen molar-refractivity contribution in [3.8, 4) is 0 Å². The van der Waals surface area contributed by atoms with E-state index in [2.05, 4.69) is 5.32 Å². The van der Waals surface area contributed by atoms with Crippen LogP contribution in [0, 0.1) is 0 Å². The molecule has 0 aliphatic heterocycles. The summed E-state index contributed by atoms with van der Waals surface area (Å²) in [6.07, 6.45) is 0. The second-order valence-electron chi connectivity index (χ2n) is 2.64. The summed E-state index contributed by atoms with van der Waals surface area (Å²) < 4.78 is 0. The predicted octanol–water partition coefficient (Wildman–Crippen LogP) is 3.32. The van der Waals surface area contributed by atoms with Gasteiger partial charge in [0.2, 0.25) is 0 Å².